The minimum atomic E-state index is -1.12. The predicted octanol–water partition coefficient (Wildman–Crippen LogP) is 4.97. The minimum Gasteiger partial charge on any atom is -0.493 e. The van der Waals surface area contributed by atoms with Crippen molar-refractivity contribution in [1.82, 2.24) is 10.5 Å². The Morgan fingerprint density at radius 3 is 2.35 bits per heavy atom. The van der Waals surface area contributed by atoms with Crippen molar-refractivity contribution in [1.29, 1.82) is 0 Å². The van der Waals surface area contributed by atoms with Crippen LogP contribution in [0.4, 0.5) is 11.5 Å². The molecule has 0 spiro atoms. The van der Waals surface area contributed by atoms with E-state index in [1.165, 1.54) is 19.1 Å². The molecule has 0 aliphatic heterocycles. The monoisotopic (exact) mass is 550 g/mol. The number of carbonyl (C=O) groups excluding carboxylic acids is 3. The maximum atomic E-state index is 14.1. The largest absolute Gasteiger partial charge is 0.493 e. The Bertz CT molecular complexity index is 1340. The third kappa shape index (κ3) is 7.40. The smallest absolute Gasteiger partial charge is 0.248 e. The number of methoxy groups -OCH3 is 2. The number of para-hydroxylation sites is 2. The molecule has 1 heterocycles. The summed E-state index contributed by atoms with van der Waals surface area (Å²) in [6, 6.07) is 13.1. The second-order valence-electron chi connectivity index (χ2n) is 10.3. The van der Waals surface area contributed by atoms with E-state index in [-0.39, 0.29) is 18.7 Å². The van der Waals surface area contributed by atoms with Gasteiger partial charge in [0.1, 0.15) is 11.8 Å². The highest BCUT2D eigenvalue weighted by Crippen LogP contribution is 2.40. The van der Waals surface area contributed by atoms with Gasteiger partial charge in [0.25, 0.3) is 0 Å². The van der Waals surface area contributed by atoms with E-state index in [2.05, 4.69) is 15.8 Å². The van der Waals surface area contributed by atoms with E-state index < -0.39 is 29.3 Å². The molecule has 1 aromatic heterocycles. The van der Waals surface area contributed by atoms with Crippen LogP contribution in [0.3, 0.4) is 0 Å². The summed E-state index contributed by atoms with van der Waals surface area (Å²) in [4.78, 5) is 42.2. The average molecular weight is 551 g/mol. The number of ether oxygens (including phenoxy) is 2. The third-order valence-corrected chi connectivity index (χ3v) is 6.09. The lowest BCUT2D eigenvalue weighted by molar-refractivity contribution is -0.128. The summed E-state index contributed by atoms with van der Waals surface area (Å²) in [6.45, 7) is 9.29. The van der Waals surface area contributed by atoms with Gasteiger partial charge < -0.3 is 24.6 Å². The second-order valence-corrected chi connectivity index (χ2v) is 10.3. The molecule has 0 bridgehead atoms. The lowest BCUT2D eigenvalue weighted by Crippen LogP contribution is -2.50. The van der Waals surface area contributed by atoms with Gasteiger partial charge in [-0.3, -0.25) is 19.3 Å². The molecule has 2 N–H and O–H groups in total. The van der Waals surface area contributed by atoms with E-state index in [0.717, 1.165) is 5.56 Å². The Kier molecular flexibility index (Phi) is 9.93. The van der Waals surface area contributed by atoms with Crippen LogP contribution in [-0.2, 0) is 20.8 Å². The van der Waals surface area contributed by atoms with E-state index in [4.69, 9.17) is 14.0 Å². The number of hydrogen-bond acceptors (Lipinski definition) is 7. The lowest BCUT2D eigenvalue weighted by Gasteiger charge is -2.35. The minimum absolute atomic E-state index is 0.127. The molecule has 0 aliphatic carbocycles. The summed E-state index contributed by atoms with van der Waals surface area (Å²) in [6.07, 6.45) is 0.333. The first-order valence-electron chi connectivity index (χ1n) is 13.1. The molecular formula is C30H38N4O6. The number of hydrogen-bond donors (Lipinski definition) is 2. The highest BCUT2D eigenvalue weighted by Gasteiger charge is 2.37. The summed E-state index contributed by atoms with van der Waals surface area (Å²) in [5.41, 5.74) is 1.30. The van der Waals surface area contributed by atoms with Crippen molar-refractivity contribution in [2.75, 3.05) is 24.4 Å². The van der Waals surface area contributed by atoms with E-state index >= 15 is 0 Å². The lowest BCUT2D eigenvalue weighted by atomic mass is 9.97. The fraction of sp³-hybridized carbons (Fsp3) is 0.400. The van der Waals surface area contributed by atoms with Crippen LogP contribution in [0.1, 0.15) is 63.5 Å². The molecule has 0 aliphatic rings. The number of benzene rings is 2. The zero-order chi connectivity index (χ0) is 29.4. The second kappa shape index (κ2) is 13.1. The standard InChI is InChI=1S/C30H38N4O6/c1-8-20-12-9-10-14-22(20)34(26(36)17-16-25(35)31-24-18-19(2)40-33-24)27(29(37)32-30(3,4)5)21-13-11-15-23(38-6)28(21)39-7/h9-15,18,27H,8,16-17H2,1-7H3,(H,32,37)(H,31,33,35)/t27-/m1/s1. The Balaban J connectivity index is 2.10. The maximum Gasteiger partial charge on any atom is 0.248 e. The topological polar surface area (TPSA) is 123 Å². The van der Waals surface area contributed by atoms with E-state index in [9.17, 15) is 14.4 Å². The van der Waals surface area contributed by atoms with Gasteiger partial charge in [0.2, 0.25) is 17.7 Å². The van der Waals surface area contributed by atoms with Crippen molar-refractivity contribution in [2.24, 2.45) is 0 Å². The molecule has 0 fully saturated rings. The molecule has 40 heavy (non-hydrogen) atoms. The van der Waals surface area contributed by atoms with Crippen LogP contribution in [0.5, 0.6) is 11.5 Å². The summed E-state index contributed by atoms with van der Waals surface area (Å²) in [5, 5.41) is 9.43. The van der Waals surface area contributed by atoms with Gasteiger partial charge in [0.15, 0.2) is 17.3 Å². The molecule has 10 heteroatoms. The summed E-state index contributed by atoms with van der Waals surface area (Å²) < 4.78 is 16.2. The van der Waals surface area contributed by atoms with Crippen LogP contribution in [0.25, 0.3) is 0 Å². The van der Waals surface area contributed by atoms with E-state index in [1.54, 1.807) is 37.3 Å². The Morgan fingerprint density at radius 1 is 1.02 bits per heavy atom. The zero-order valence-corrected chi connectivity index (χ0v) is 24.2. The van der Waals surface area contributed by atoms with E-state index in [0.29, 0.717) is 34.9 Å². The van der Waals surface area contributed by atoms with Crippen LogP contribution in [0, 0.1) is 6.92 Å². The van der Waals surface area contributed by atoms with Crippen LogP contribution in [0.2, 0.25) is 0 Å². The number of aryl methyl sites for hydroxylation is 2. The molecule has 3 amide bonds. The molecular weight excluding hydrogens is 512 g/mol. The molecule has 0 saturated carbocycles. The number of anilines is 2. The van der Waals surface area contributed by atoms with Gasteiger partial charge in [0.05, 0.1) is 14.2 Å². The molecule has 0 saturated heterocycles. The Labute approximate surface area is 235 Å². The first kappa shape index (κ1) is 30.2. The Hall–Kier alpha value is -4.34. The summed E-state index contributed by atoms with van der Waals surface area (Å²) in [5.74, 6) is 0.365. The SMILES string of the molecule is CCc1ccccc1N(C(=O)CCC(=O)Nc1cc(C)on1)[C@@H](C(=O)NC(C)(C)C)c1cccc(OC)c1OC. The van der Waals surface area contributed by atoms with Crippen molar-refractivity contribution >= 4 is 29.2 Å². The molecule has 3 aromatic rings. The molecule has 0 radical (unpaired) electrons. The quantitative estimate of drug-likeness (QED) is 0.346. The van der Waals surface area contributed by atoms with Crippen molar-refractivity contribution in [3.63, 3.8) is 0 Å². The molecule has 1 atom stereocenters. The van der Waals surface area contributed by atoms with E-state index in [1.807, 2.05) is 45.9 Å². The highest BCUT2D eigenvalue weighted by molar-refractivity contribution is 6.04. The first-order valence-corrected chi connectivity index (χ1v) is 13.1. The van der Waals surface area contributed by atoms with Crippen LogP contribution < -0.4 is 25.0 Å². The van der Waals surface area contributed by atoms with Gasteiger partial charge in [-0.1, -0.05) is 42.4 Å². The number of nitrogens with zero attached hydrogens (tertiary/aromatic N) is 2. The predicted molar refractivity (Wildman–Crippen MR) is 153 cm³/mol. The zero-order valence-electron chi connectivity index (χ0n) is 24.2. The van der Waals surface area contributed by atoms with Gasteiger partial charge >= 0.3 is 0 Å². The van der Waals surface area contributed by atoms with Gasteiger partial charge in [-0.25, -0.2) is 0 Å². The molecule has 0 unspecified atom stereocenters. The normalized spacial score (nSPS) is 11.9. The maximum absolute atomic E-state index is 14.1. The average Bonchev–Trinajstić information content (AvgIpc) is 3.32. The van der Waals surface area contributed by atoms with Gasteiger partial charge in [-0.2, -0.15) is 0 Å². The molecule has 3 rings (SSSR count). The first-order chi connectivity index (χ1) is 19.0. The number of aromatic nitrogens is 1. The molecule has 10 nitrogen and oxygen atoms in total. The van der Waals surface area contributed by atoms with Crippen molar-refractivity contribution in [2.45, 2.75) is 65.5 Å². The Morgan fingerprint density at radius 2 is 1.75 bits per heavy atom. The van der Waals surface area contributed by atoms with Crippen molar-refractivity contribution < 1.29 is 28.4 Å². The van der Waals surface area contributed by atoms with Gasteiger partial charge in [0, 0.05) is 35.7 Å². The summed E-state index contributed by atoms with van der Waals surface area (Å²) in [7, 11) is 3.00. The van der Waals surface area contributed by atoms with Crippen molar-refractivity contribution in [3.8, 4) is 11.5 Å². The number of carbonyl (C=O) groups is 3. The number of rotatable bonds is 11. The van der Waals surface area contributed by atoms with Crippen LogP contribution >= 0.6 is 0 Å². The number of nitrogens with one attached hydrogen (secondary N) is 2. The number of amides is 3. The van der Waals surface area contributed by atoms with Gasteiger partial charge in [-0.15, -0.1) is 0 Å². The fourth-order valence-electron chi connectivity index (χ4n) is 4.40. The van der Waals surface area contributed by atoms with Crippen LogP contribution in [-0.4, -0.2) is 42.6 Å². The van der Waals surface area contributed by atoms with Crippen molar-refractivity contribution in [3.05, 3.63) is 65.4 Å². The highest BCUT2D eigenvalue weighted by atomic mass is 16.5. The third-order valence-electron chi connectivity index (χ3n) is 6.09. The molecule has 214 valence electrons. The molecule has 2 aromatic carbocycles. The van der Waals surface area contributed by atoms with Crippen LogP contribution in [0.15, 0.2) is 53.1 Å². The van der Waals surface area contributed by atoms with Gasteiger partial charge in [-0.05, 0) is 51.8 Å². The fourth-order valence-corrected chi connectivity index (χ4v) is 4.40. The summed E-state index contributed by atoms with van der Waals surface area (Å²) >= 11 is 0.